The Hall–Kier alpha value is -3.06. The number of likely N-dealkylation sites (tertiary alicyclic amines) is 1. The van der Waals surface area contributed by atoms with E-state index in [0.717, 1.165) is 17.9 Å². The summed E-state index contributed by atoms with van der Waals surface area (Å²) in [5.74, 6) is 0.760. The molecule has 2 N–H and O–H groups in total. The van der Waals surface area contributed by atoms with Crippen LogP contribution in [0.3, 0.4) is 0 Å². The first kappa shape index (κ1) is 24.6. The minimum Gasteiger partial charge on any atom is -0.494 e. The van der Waals surface area contributed by atoms with Crippen LogP contribution in [0.2, 0.25) is 0 Å². The second-order valence-corrected chi connectivity index (χ2v) is 8.27. The Balaban J connectivity index is 1.21. The van der Waals surface area contributed by atoms with Crippen molar-refractivity contribution in [3.05, 3.63) is 65.7 Å². The van der Waals surface area contributed by atoms with Gasteiger partial charge in [-0.2, -0.15) is 0 Å². The Morgan fingerprint density at radius 1 is 0.879 bits per heavy atom. The number of piperidine rings is 1. The molecule has 2 aromatic rings. The average molecular weight is 454 g/mol. The molecule has 0 aromatic heterocycles. The number of nitrogens with one attached hydrogen (secondary N) is 2. The summed E-state index contributed by atoms with van der Waals surface area (Å²) in [7, 11) is 0. The van der Waals surface area contributed by atoms with Crippen LogP contribution in [0.25, 0.3) is 0 Å². The summed E-state index contributed by atoms with van der Waals surface area (Å²) in [6.07, 6.45) is 4.32. The molecule has 1 saturated heterocycles. The van der Waals surface area contributed by atoms with E-state index in [9.17, 15) is 9.59 Å². The molecular weight excluding hydrogens is 418 g/mol. The van der Waals surface area contributed by atoms with Gasteiger partial charge in [0, 0.05) is 26.1 Å². The molecule has 1 aliphatic rings. The van der Waals surface area contributed by atoms with Gasteiger partial charge in [0.2, 0.25) is 5.91 Å². The Bertz CT molecular complexity index is 854. The first-order chi connectivity index (χ1) is 16.2. The monoisotopic (exact) mass is 453 g/mol. The van der Waals surface area contributed by atoms with Crippen molar-refractivity contribution in [3.63, 3.8) is 0 Å². The van der Waals surface area contributed by atoms with Crippen LogP contribution in [0, 0.1) is 0 Å². The van der Waals surface area contributed by atoms with Gasteiger partial charge in [-0.25, -0.2) is 4.79 Å². The topological polar surface area (TPSA) is 79.9 Å². The fraction of sp³-hybridized carbons (Fsp3) is 0.462. The van der Waals surface area contributed by atoms with Crippen LogP contribution < -0.4 is 15.4 Å². The zero-order chi connectivity index (χ0) is 23.1. The maximum absolute atomic E-state index is 11.9. The molecular formula is C26H35N3O4. The van der Waals surface area contributed by atoms with Crippen LogP contribution in [-0.2, 0) is 22.7 Å². The smallest absolute Gasteiger partial charge is 0.407 e. The Kier molecular flexibility index (Phi) is 10.5. The number of carbonyl (C=O) groups excluding carboxylic acids is 2. The average Bonchev–Trinajstić information content (AvgIpc) is 2.84. The zero-order valence-electron chi connectivity index (χ0n) is 19.3. The second kappa shape index (κ2) is 14.2. The summed E-state index contributed by atoms with van der Waals surface area (Å²) < 4.78 is 11.0. The number of ether oxygens (including phenoxy) is 2. The standard InChI is InChI=1S/C26H35N3O4/c30-25(13-15-28-26(31)33-21-22-9-3-1-4-10-22)27-14-8-18-32-24-12-7-11-23(19-24)20-29-16-5-2-6-17-29/h1,3-4,7,9-12,19H,2,5-6,8,13-18,20-21H2,(H,27,30)(H,28,31). The highest BCUT2D eigenvalue weighted by Gasteiger charge is 2.10. The van der Waals surface area contributed by atoms with Crippen LogP contribution in [0.15, 0.2) is 54.6 Å². The molecule has 2 aromatic carbocycles. The molecule has 2 amide bonds. The highest BCUT2D eigenvalue weighted by atomic mass is 16.5. The molecule has 7 nitrogen and oxygen atoms in total. The fourth-order valence-electron chi connectivity index (χ4n) is 3.74. The predicted molar refractivity (Wildman–Crippen MR) is 128 cm³/mol. The Morgan fingerprint density at radius 2 is 1.67 bits per heavy atom. The number of rotatable bonds is 12. The van der Waals surface area contributed by atoms with E-state index >= 15 is 0 Å². The van der Waals surface area contributed by atoms with Gasteiger partial charge in [-0.1, -0.05) is 48.9 Å². The number of alkyl carbamates (subject to hydrolysis) is 1. The van der Waals surface area contributed by atoms with E-state index in [4.69, 9.17) is 9.47 Å². The minimum absolute atomic E-state index is 0.109. The van der Waals surface area contributed by atoms with Crippen LogP contribution in [0.5, 0.6) is 5.75 Å². The van der Waals surface area contributed by atoms with Crippen molar-refractivity contribution in [1.29, 1.82) is 0 Å². The molecule has 1 aliphatic heterocycles. The van der Waals surface area contributed by atoms with Crippen molar-refractivity contribution in [2.75, 3.05) is 32.8 Å². The van der Waals surface area contributed by atoms with Gasteiger partial charge in [0.25, 0.3) is 0 Å². The van der Waals surface area contributed by atoms with E-state index in [1.54, 1.807) is 0 Å². The number of hydrogen-bond donors (Lipinski definition) is 2. The van der Waals surface area contributed by atoms with Gasteiger partial charge >= 0.3 is 6.09 Å². The van der Waals surface area contributed by atoms with Crippen LogP contribution in [-0.4, -0.2) is 49.7 Å². The third-order valence-corrected chi connectivity index (χ3v) is 5.50. The number of carbonyl (C=O) groups is 2. The van der Waals surface area contributed by atoms with Gasteiger partial charge in [-0.15, -0.1) is 0 Å². The highest BCUT2D eigenvalue weighted by Crippen LogP contribution is 2.17. The molecule has 7 heteroatoms. The molecule has 0 unspecified atom stereocenters. The van der Waals surface area contributed by atoms with Gasteiger partial charge in [-0.05, 0) is 55.6 Å². The van der Waals surface area contributed by atoms with Gasteiger partial charge in [0.05, 0.1) is 6.61 Å². The van der Waals surface area contributed by atoms with Crippen molar-refractivity contribution in [3.8, 4) is 5.75 Å². The predicted octanol–water partition coefficient (Wildman–Crippen LogP) is 3.87. The number of nitrogens with zero attached hydrogens (tertiary/aromatic N) is 1. The molecule has 0 spiro atoms. The number of benzene rings is 2. The first-order valence-electron chi connectivity index (χ1n) is 11.8. The van der Waals surface area contributed by atoms with E-state index in [-0.39, 0.29) is 25.5 Å². The molecule has 178 valence electrons. The lowest BCUT2D eigenvalue weighted by Gasteiger charge is -2.26. The molecule has 33 heavy (non-hydrogen) atoms. The van der Waals surface area contributed by atoms with Crippen LogP contribution >= 0.6 is 0 Å². The van der Waals surface area contributed by atoms with E-state index in [2.05, 4.69) is 27.7 Å². The third kappa shape index (κ3) is 9.95. The molecule has 3 rings (SSSR count). The van der Waals surface area contributed by atoms with Crippen LogP contribution in [0.4, 0.5) is 4.79 Å². The van der Waals surface area contributed by atoms with E-state index in [1.165, 1.54) is 37.9 Å². The summed E-state index contributed by atoms with van der Waals surface area (Å²) in [6.45, 7) is 4.84. The van der Waals surface area contributed by atoms with Gasteiger partial charge in [0.15, 0.2) is 0 Å². The number of amides is 2. The molecule has 0 radical (unpaired) electrons. The van der Waals surface area contributed by atoms with Crippen molar-refractivity contribution in [1.82, 2.24) is 15.5 Å². The molecule has 1 heterocycles. The number of hydrogen-bond acceptors (Lipinski definition) is 5. The van der Waals surface area contributed by atoms with Gasteiger partial charge < -0.3 is 20.1 Å². The zero-order valence-corrected chi connectivity index (χ0v) is 19.3. The summed E-state index contributed by atoms with van der Waals surface area (Å²) in [6, 6.07) is 17.7. The quantitative estimate of drug-likeness (QED) is 0.477. The normalized spacial score (nSPS) is 13.8. The molecule has 1 fully saturated rings. The van der Waals surface area contributed by atoms with E-state index < -0.39 is 6.09 Å². The lowest BCUT2D eigenvalue weighted by atomic mass is 10.1. The van der Waals surface area contributed by atoms with Crippen molar-refractivity contribution >= 4 is 12.0 Å². The van der Waals surface area contributed by atoms with E-state index in [0.29, 0.717) is 19.6 Å². The van der Waals surface area contributed by atoms with Crippen LogP contribution in [0.1, 0.15) is 43.2 Å². The summed E-state index contributed by atoms with van der Waals surface area (Å²) in [5, 5.41) is 5.44. The summed E-state index contributed by atoms with van der Waals surface area (Å²) in [5.41, 5.74) is 2.19. The van der Waals surface area contributed by atoms with Gasteiger partial charge in [-0.3, -0.25) is 9.69 Å². The van der Waals surface area contributed by atoms with Gasteiger partial charge in [0.1, 0.15) is 12.4 Å². The molecule has 0 aliphatic carbocycles. The Morgan fingerprint density at radius 3 is 2.48 bits per heavy atom. The molecule has 0 atom stereocenters. The molecule has 0 saturated carbocycles. The lowest BCUT2D eigenvalue weighted by molar-refractivity contribution is -0.120. The first-order valence-corrected chi connectivity index (χ1v) is 11.8. The summed E-state index contributed by atoms with van der Waals surface area (Å²) >= 11 is 0. The fourth-order valence-corrected chi connectivity index (χ4v) is 3.74. The van der Waals surface area contributed by atoms with E-state index in [1.807, 2.05) is 42.5 Å². The maximum atomic E-state index is 11.9. The summed E-state index contributed by atoms with van der Waals surface area (Å²) in [4.78, 5) is 26.1. The van der Waals surface area contributed by atoms with Crippen molar-refractivity contribution in [2.45, 2.75) is 45.3 Å². The SMILES string of the molecule is O=C(CCNC(=O)OCc1ccccc1)NCCCOc1cccc(CN2CCCCC2)c1. The second-order valence-electron chi connectivity index (χ2n) is 8.27. The third-order valence-electron chi connectivity index (χ3n) is 5.50. The minimum atomic E-state index is -0.525. The molecule has 0 bridgehead atoms. The van der Waals surface area contributed by atoms with Crippen molar-refractivity contribution < 1.29 is 19.1 Å². The Labute approximate surface area is 196 Å². The maximum Gasteiger partial charge on any atom is 0.407 e. The van der Waals surface area contributed by atoms with Crippen molar-refractivity contribution in [2.24, 2.45) is 0 Å². The largest absolute Gasteiger partial charge is 0.494 e. The lowest BCUT2D eigenvalue weighted by Crippen LogP contribution is -2.31. The highest BCUT2D eigenvalue weighted by molar-refractivity contribution is 5.76.